The summed E-state index contributed by atoms with van der Waals surface area (Å²) in [6.45, 7) is 2.00. The Morgan fingerprint density at radius 2 is 1.70 bits per heavy atom. The molecule has 118 valence electrons. The molecule has 5 heteroatoms. The summed E-state index contributed by atoms with van der Waals surface area (Å²) in [6, 6.07) is 16.3. The Hall–Kier alpha value is -2.40. The van der Waals surface area contributed by atoms with Gasteiger partial charge in [0.05, 0.1) is 4.90 Å². The van der Waals surface area contributed by atoms with Gasteiger partial charge in [-0.1, -0.05) is 43.3 Å². The van der Waals surface area contributed by atoms with E-state index in [4.69, 9.17) is 0 Å². The zero-order valence-corrected chi connectivity index (χ0v) is 13.4. The first-order valence-electron chi connectivity index (χ1n) is 7.30. The average molecular weight is 329 g/mol. The van der Waals surface area contributed by atoms with Crippen LogP contribution in [0.4, 0.5) is 10.1 Å². The van der Waals surface area contributed by atoms with E-state index in [0.29, 0.717) is 11.1 Å². The maximum absolute atomic E-state index is 13.9. The van der Waals surface area contributed by atoms with Crippen molar-refractivity contribution in [2.24, 2.45) is 0 Å². The molecule has 0 bridgehead atoms. The predicted octanol–water partition coefficient (Wildman–Crippen LogP) is 4.34. The average Bonchev–Trinajstić information content (AvgIpc) is 2.55. The number of halogens is 1. The second kappa shape index (κ2) is 6.01. The molecule has 0 saturated carbocycles. The van der Waals surface area contributed by atoms with Crippen molar-refractivity contribution < 1.29 is 12.8 Å². The lowest BCUT2D eigenvalue weighted by Crippen LogP contribution is -2.13. The topological polar surface area (TPSA) is 46.2 Å². The first-order chi connectivity index (χ1) is 11.0. The summed E-state index contributed by atoms with van der Waals surface area (Å²) < 4.78 is 41.8. The van der Waals surface area contributed by atoms with E-state index in [-0.39, 0.29) is 10.3 Å². The Kier molecular flexibility index (Phi) is 4.05. The van der Waals surface area contributed by atoms with Crippen molar-refractivity contribution in [2.75, 3.05) is 4.72 Å². The van der Waals surface area contributed by atoms with Crippen LogP contribution in [0.25, 0.3) is 10.8 Å². The summed E-state index contributed by atoms with van der Waals surface area (Å²) in [5.41, 5.74) is 1.53. The van der Waals surface area contributed by atoms with E-state index in [1.807, 2.05) is 13.0 Å². The summed E-state index contributed by atoms with van der Waals surface area (Å²) in [4.78, 5) is 0.0661. The Morgan fingerprint density at radius 3 is 2.43 bits per heavy atom. The van der Waals surface area contributed by atoms with Crippen LogP contribution >= 0.6 is 0 Å². The normalized spacial score (nSPS) is 11.6. The zero-order chi connectivity index (χ0) is 16.4. The third kappa shape index (κ3) is 3.05. The lowest BCUT2D eigenvalue weighted by molar-refractivity contribution is 0.601. The number of aryl methyl sites for hydroxylation is 1. The van der Waals surface area contributed by atoms with Crippen molar-refractivity contribution in [1.29, 1.82) is 0 Å². The summed E-state index contributed by atoms with van der Waals surface area (Å²) >= 11 is 0. The van der Waals surface area contributed by atoms with Gasteiger partial charge in [-0.3, -0.25) is 4.72 Å². The number of nitrogens with one attached hydrogen (secondary N) is 1. The monoisotopic (exact) mass is 329 g/mol. The third-order valence-electron chi connectivity index (χ3n) is 3.71. The smallest absolute Gasteiger partial charge is 0.262 e. The molecule has 3 nitrogen and oxygen atoms in total. The van der Waals surface area contributed by atoms with Gasteiger partial charge in [-0.15, -0.1) is 0 Å². The minimum Gasteiger partial charge on any atom is -0.280 e. The quantitative estimate of drug-likeness (QED) is 0.774. The molecule has 0 spiro atoms. The number of sulfonamides is 1. The highest BCUT2D eigenvalue weighted by atomic mass is 32.2. The molecule has 3 rings (SSSR count). The molecule has 3 aromatic rings. The van der Waals surface area contributed by atoms with Crippen molar-refractivity contribution in [2.45, 2.75) is 18.2 Å². The maximum atomic E-state index is 13.9. The largest absolute Gasteiger partial charge is 0.280 e. The molecule has 0 radical (unpaired) electrons. The van der Waals surface area contributed by atoms with E-state index in [0.717, 1.165) is 12.0 Å². The van der Waals surface area contributed by atoms with Crippen LogP contribution in [-0.2, 0) is 16.4 Å². The van der Waals surface area contributed by atoms with Crippen molar-refractivity contribution in [3.05, 3.63) is 72.0 Å². The molecule has 0 amide bonds. The van der Waals surface area contributed by atoms with Gasteiger partial charge in [-0.05, 0) is 36.2 Å². The highest BCUT2D eigenvalue weighted by Gasteiger charge is 2.19. The number of hydrogen-bond donors (Lipinski definition) is 1. The molecule has 0 aliphatic rings. The molecule has 0 atom stereocenters. The first kappa shape index (κ1) is 15.5. The number of rotatable bonds is 4. The van der Waals surface area contributed by atoms with Gasteiger partial charge in [0.1, 0.15) is 5.82 Å². The number of hydrogen-bond acceptors (Lipinski definition) is 2. The fourth-order valence-corrected chi connectivity index (χ4v) is 3.80. The molecule has 0 fully saturated rings. The molecule has 0 aromatic heterocycles. The van der Waals surface area contributed by atoms with E-state index >= 15 is 0 Å². The van der Waals surface area contributed by atoms with E-state index in [2.05, 4.69) is 4.72 Å². The molecular weight excluding hydrogens is 313 g/mol. The zero-order valence-electron chi connectivity index (χ0n) is 12.6. The fourth-order valence-electron chi connectivity index (χ4n) is 2.53. The molecule has 0 saturated heterocycles. The second-order valence-electron chi connectivity index (χ2n) is 5.25. The molecule has 0 heterocycles. The van der Waals surface area contributed by atoms with Gasteiger partial charge in [-0.2, -0.15) is 0 Å². The number of benzene rings is 3. The Morgan fingerprint density at radius 1 is 0.957 bits per heavy atom. The lowest BCUT2D eigenvalue weighted by atomic mass is 10.1. The molecule has 0 aliphatic carbocycles. The molecule has 1 N–H and O–H groups in total. The van der Waals surface area contributed by atoms with Crippen LogP contribution in [0.2, 0.25) is 0 Å². The van der Waals surface area contributed by atoms with Gasteiger partial charge in [0.15, 0.2) is 0 Å². The van der Waals surface area contributed by atoms with Gasteiger partial charge in [0, 0.05) is 16.5 Å². The SMILES string of the molecule is CCc1cccc(NS(=O)(=O)c2ccc(F)c3ccccc23)c1. The van der Waals surface area contributed by atoms with E-state index in [1.165, 1.54) is 12.1 Å². The van der Waals surface area contributed by atoms with Gasteiger partial charge >= 0.3 is 0 Å². The highest BCUT2D eigenvalue weighted by Crippen LogP contribution is 2.27. The molecule has 23 heavy (non-hydrogen) atoms. The van der Waals surface area contributed by atoms with E-state index < -0.39 is 15.8 Å². The summed E-state index contributed by atoms with van der Waals surface area (Å²) in [5.74, 6) is -0.437. The van der Waals surface area contributed by atoms with Crippen LogP contribution in [0.15, 0.2) is 65.6 Å². The van der Waals surface area contributed by atoms with Gasteiger partial charge in [-0.25, -0.2) is 12.8 Å². The van der Waals surface area contributed by atoms with Crippen LogP contribution < -0.4 is 4.72 Å². The van der Waals surface area contributed by atoms with Gasteiger partial charge in [0.2, 0.25) is 0 Å². The van der Waals surface area contributed by atoms with Crippen LogP contribution in [0.1, 0.15) is 12.5 Å². The van der Waals surface area contributed by atoms with Gasteiger partial charge < -0.3 is 0 Å². The van der Waals surface area contributed by atoms with E-state index in [1.54, 1.807) is 42.5 Å². The number of fused-ring (bicyclic) bond motifs is 1. The summed E-state index contributed by atoms with van der Waals surface area (Å²) in [7, 11) is -3.80. The third-order valence-corrected chi connectivity index (χ3v) is 5.15. The molecule has 0 aliphatic heterocycles. The van der Waals surface area contributed by atoms with Crippen LogP contribution in [0, 0.1) is 5.82 Å². The van der Waals surface area contributed by atoms with Gasteiger partial charge in [0.25, 0.3) is 10.0 Å². The molecule has 3 aromatic carbocycles. The Labute approximate surface area is 134 Å². The minimum absolute atomic E-state index is 0.0661. The van der Waals surface area contributed by atoms with Crippen molar-refractivity contribution in [3.63, 3.8) is 0 Å². The van der Waals surface area contributed by atoms with Crippen molar-refractivity contribution in [3.8, 4) is 0 Å². The maximum Gasteiger partial charge on any atom is 0.262 e. The molecule has 0 unspecified atom stereocenters. The van der Waals surface area contributed by atoms with Crippen LogP contribution in [0.3, 0.4) is 0 Å². The second-order valence-corrected chi connectivity index (χ2v) is 6.90. The predicted molar refractivity (Wildman–Crippen MR) is 90.5 cm³/mol. The molecular formula is C18H16FNO2S. The summed E-state index contributed by atoms with van der Waals surface area (Å²) in [5, 5.41) is 0.657. The van der Waals surface area contributed by atoms with Crippen LogP contribution in [-0.4, -0.2) is 8.42 Å². The Balaban J connectivity index is 2.08. The van der Waals surface area contributed by atoms with Crippen molar-refractivity contribution in [1.82, 2.24) is 0 Å². The fraction of sp³-hybridized carbons (Fsp3) is 0.111. The standard InChI is InChI=1S/C18H16FNO2S/c1-2-13-6-5-7-14(12-13)20-23(21,22)18-11-10-17(19)15-8-3-4-9-16(15)18/h3-12,20H,2H2,1H3. The van der Waals surface area contributed by atoms with E-state index in [9.17, 15) is 12.8 Å². The minimum atomic E-state index is -3.80. The van der Waals surface area contributed by atoms with Crippen LogP contribution in [0.5, 0.6) is 0 Å². The lowest BCUT2D eigenvalue weighted by Gasteiger charge is -2.11. The number of anilines is 1. The highest BCUT2D eigenvalue weighted by molar-refractivity contribution is 7.93. The first-order valence-corrected chi connectivity index (χ1v) is 8.78. The Bertz CT molecular complexity index is 968. The van der Waals surface area contributed by atoms with Crippen molar-refractivity contribution >= 4 is 26.5 Å². The summed E-state index contributed by atoms with van der Waals surface area (Å²) in [6.07, 6.45) is 0.815.